The molecule has 1 saturated carbocycles. The van der Waals surface area contributed by atoms with Crippen LogP contribution in [0.3, 0.4) is 0 Å². The van der Waals surface area contributed by atoms with Crippen molar-refractivity contribution in [3.63, 3.8) is 0 Å². The molecule has 3 aliphatic rings. The molecule has 4 atom stereocenters. The van der Waals surface area contributed by atoms with Crippen LogP contribution >= 0.6 is 0 Å². The van der Waals surface area contributed by atoms with Crippen LogP contribution in [0.2, 0.25) is 0 Å². The standard InChI is InChI=1S/C23H28N4O3/c1-26-9-8-14-6-7-18(24-21(14)26)22(29)25-19-10-16-12-27(13-17(16)11-20(19)28)23(30)15-4-2-3-5-15/h2-3,6-9,15-17,19-20,28H,4-5,10-13H2,1H3,(H,25,29)/t16-,17+,19-,20-/m0/s1. The number of fused-ring (bicyclic) bond motifs is 2. The highest BCUT2D eigenvalue weighted by Crippen LogP contribution is 2.38. The third-order valence-corrected chi connectivity index (χ3v) is 7.08. The molecule has 0 aromatic carbocycles. The summed E-state index contributed by atoms with van der Waals surface area (Å²) < 4.78 is 1.89. The van der Waals surface area contributed by atoms with Crippen molar-refractivity contribution in [2.24, 2.45) is 24.8 Å². The molecule has 2 aromatic heterocycles. The highest BCUT2D eigenvalue weighted by atomic mass is 16.3. The van der Waals surface area contributed by atoms with Crippen molar-refractivity contribution in [1.82, 2.24) is 19.8 Å². The third kappa shape index (κ3) is 3.41. The van der Waals surface area contributed by atoms with E-state index in [0.29, 0.717) is 30.4 Å². The molecular weight excluding hydrogens is 380 g/mol. The van der Waals surface area contributed by atoms with Gasteiger partial charge in [-0.2, -0.15) is 0 Å². The van der Waals surface area contributed by atoms with Crippen LogP contribution in [0.4, 0.5) is 0 Å². The summed E-state index contributed by atoms with van der Waals surface area (Å²) in [7, 11) is 1.90. The van der Waals surface area contributed by atoms with E-state index in [9.17, 15) is 14.7 Å². The molecule has 158 valence electrons. The molecule has 0 bridgehead atoms. The first kappa shape index (κ1) is 19.3. The lowest BCUT2D eigenvalue weighted by atomic mass is 9.77. The van der Waals surface area contributed by atoms with Gasteiger partial charge in [0.15, 0.2) is 0 Å². The summed E-state index contributed by atoms with van der Waals surface area (Å²) >= 11 is 0. The summed E-state index contributed by atoms with van der Waals surface area (Å²) in [6, 6.07) is 5.27. The van der Waals surface area contributed by atoms with Crippen LogP contribution in [0.1, 0.15) is 36.2 Å². The van der Waals surface area contributed by atoms with Crippen molar-refractivity contribution >= 4 is 22.8 Å². The Morgan fingerprint density at radius 3 is 2.60 bits per heavy atom. The second kappa shape index (κ2) is 7.54. The number of hydrogen-bond donors (Lipinski definition) is 2. The van der Waals surface area contributed by atoms with E-state index >= 15 is 0 Å². The van der Waals surface area contributed by atoms with Crippen molar-refractivity contribution in [3.8, 4) is 0 Å². The van der Waals surface area contributed by atoms with E-state index < -0.39 is 6.10 Å². The van der Waals surface area contributed by atoms with E-state index in [4.69, 9.17) is 0 Å². The Bertz CT molecular complexity index is 1010. The maximum absolute atomic E-state index is 12.8. The number of rotatable bonds is 3. The average Bonchev–Trinajstić information content (AvgIpc) is 3.48. The number of carbonyl (C=O) groups is 2. The summed E-state index contributed by atoms with van der Waals surface area (Å²) in [5, 5.41) is 14.7. The Labute approximate surface area is 175 Å². The Morgan fingerprint density at radius 1 is 1.10 bits per heavy atom. The van der Waals surface area contributed by atoms with Crippen molar-refractivity contribution in [3.05, 3.63) is 42.2 Å². The van der Waals surface area contributed by atoms with Crippen molar-refractivity contribution in [1.29, 1.82) is 0 Å². The van der Waals surface area contributed by atoms with Gasteiger partial charge in [0.1, 0.15) is 11.3 Å². The molecule has 1 saturated heterocycles. The molecule has 2 aliphatic carbocycles. The number of nitrogens with one attached hydrogen (secondary N) is 1. The number of aliphatic hydroxyl groups excluding tert-OH is 1. The van der Waals surface area contributed by atoms with E-state index in [1.54, 1.807) is 6.07 Å². The predicted molar refractivity (Wildman–Crippen MR) is 113 cm³/mol. The van der Waals surface area contributed by atoms with Gasteiger partial charge in [0.25, 0.3) is 5.91 Å². The number of hydrogen-bond acceptors (Lipinski definition) is 4. The van der Waals surface area contributed by atoms with Crippen LogP contribution in [0, 0.1) is 17.8 Å². The zero-order chi connectivity index (χ0) is 20.8. The first-order valence-corrected chi connectivity index (χ1v) is 10.8. The summed E-state index contributed by atoms with van der Waals surface area (Å²) in [5.41, 5.74) is 1.12. The molecule has 5 rings (SSSR count). The normalized spacial score (nSPS) is 28.8. The van der Waals surface area contributed by atoms with Crippen molar-refractivity contribution < 1.29 is 14.7 Å². The van der Waals surface area contributed by atoms with Crippen LogP contribution in [0.5, 0.6) is 0 Å². The monoisotopic (exact) mass is 408 g/mol. The molecule has 30 heavy (non-hydrogen) atoms. The number of pyridine rings is 1. The van der Waals surface area contributed by atoms with Gasteiger partial charge in [-0.3, -0.25) is 9.59 Å². The van der Waals surface area contributed by atoms with E-state index in [1.165, 1.54) is 0 Å². The summed E-state index contributed by atoms with van der Waals surface area (Å²) in [6.45, 7) is 1.45. The van der Waals surface area contributed by atoms with Gasteiger partial charge in [-0.25, -0.2) is 4.98 Å². The zero-order valence-electron chi connectivity index (χ0n) is 17.2. The van der Waals surface area contributed by atoms with Gasteiger partial charge in [-0.15, -0.1) is 0 Å². The number of likely N-dealkylation sites (tertiary alicyclic amines) is 1. The number of carbonyl (C=O) groups excluding carboxylic acids is 2. The smallest absolute Gasteiger partial charge is 0.270 e. The summed E-state index contributed by atoms with van der Waals surface area (Å²) in [4.78, 5) is 32.0. The Kier molecular flexibility index (Phi) is 4.85. The number of nitrogens with zero attached hydrogens (tertiary/aromatic N) is 3. The number of amides is 2. The fourth-order valence-corrected chi connectivity index (χ4v) is 5.35. The molecule has 2 amide bonds. The fraction of sp³-hybridized carbons (Fsp3) is 0.522. The Morgan fingerprint density at radius 2 is 1.83 bits per heavy atom. The fourth-order valence-electron chi connectivity index (χ4n) is 5.35. The maximum atomic E-state index is 12.8. The molecule has 7 heteroatoms. The van der Waals surface area contributed by atoms with Crippen LogP contribution in [-0.4, -0.2) is 56.6 Å². The minimum absolute atomic E-state index is 0.0871. The van der Waals surface area contributed by atoms with E-state index in [-0.39, 0.29) is 23.8 Å². The van der Waals surface area contributed by atoms with Crippen molar-refractivity contribution in [2.75, 3.05) is 13.1 Å². The topological polar surface area (TPSA) is 87.5 Å². The second-order valence-corrected chi connectivity index (χ2v) is 9.06. The van der Waals surface area contributed by atoms with E-state index in [2.05, 4.69) is 22.5 Å². The molecule has 1 aliphatic heterocycles. The molecule has 0 unspecified atom stereocenters. The van der Waals surface area contributed by atoms with Gasteiger partial charge in [-0.05, 0) is 55.7 Å². The first-order valence-electron chi connectivity index (χ1n) is 10.8. The largest absolute Gasteiger partial charge is 0.391 e. The van der Waals surface area contributed by atoms with Gasteiger partial charge >= 0.3 is 0 Å². The van der Waals surface area contributed by atoms with Crippen LogP contribution in [0.25, 0.3) is 11.0 Å². The molecule has 3 heterocycles. The number of aryl methyl sites for hydroxylation is 1. The minimum atomic E-state index is -0.600. The molecule has 2 aromatic rings. The SMILES string of the molecule is Cn1ccc2ccc(C(=O)N[C@H]3C[C@H]4CN(C(=O)C5CC=CC5)C[C@H]4C[C@@H]3O)nc21. The van der Waals surface area contributed by atoms with Crippen LogP contribution in [-0.2, 0) is 11.8 Å². The zero-order valence-corrected chi connectivity index (χ0v) is 17.2. The highest BCUT2D eigenvalue weighted by Gasteiger charge is 2.44. The molecular formula is C23H28N4O3. The first-order chi connectivity index (χ1) is 14.5. The number of aliphatic hydroxyl groups is 1. The van der Waals surface area contributed by atoms with Crippen LogP contribution in [0.15, 0.2) is 36.5 Å². The molecule has 2 fully saturated rings. The molecule has 0 radical (unpaired) electrons. The van der Waals surface area contributed by atoms with Gasteiger partial charge in [0.2, 0.25) is 5.91 Å². The highest BCUT2D eigenvalue weighted by molar-refractivity contribution is 5.94. The van der Waals surface area contributed by atoms with Gasteiger partial charge in [0.05, 0.1) is 12.1 Å². The van der Waals surface area contributed by atoms with E-state index in [0.717, 1.165) is 37.0 Å². The predicted octanol–water partition coefficient (Wildman–Crippen LogP) is 1.87. The number of aromatic nitrogens is 2. The van der Waals surface area contributed by atoms with Gasteiger partial charge in [-0.1, -0.05) is 12.2 Å². The molecule has 7 nitrogen and oxygen atoms in total. The lowest BCUT2D eigenvalue weighted by Gasteiger charge is -2.35. The average molecular weight is 409 g/mol. The lowest BCUT2D eigenvalue weighted by molar-refractivity contribution is -0.134. The number of allylic oxidation sites excluding steroid dienone is 2. The molecule has 2 N–H and O–H groups in total. The quantitative estimate of drug-likeness (QED) is 0.759. The second-order valence-electron chi connectivity index (χ2n) is 9.06. The summed E-state index contributed by atoms with van der Waals surface area (Å²) in [5.74, 6) is 0.696. The Hall–Kier alpha value is -2.67. The maximum Gasteiger partial charge on any atom is 0.270 e. The molecule has 0 spiro atoms. The minimum Gasteiger partial charge on any atom is -0.391 e. The third-order valence-electron chi connectivity index (χ3n) is 7.08. The van der Waals surface area contributed by atoms with Gasteiger partial charge < -0.3 is 19.9 Å². The van der Waals surface area contributed by atoms with Gasteiger partial charge in [0, 0.05) is 37.6 Å². The van der Waals surface area contributed by atoms with Crippen LogP contribution < -0.4 is 5.32 Å². The Balaban J connectivity index is 1.24. The van der Waals surface area contributed by atoms with Crippen molar-refractivity contribution in [2.45, 2.75) is 37.8 Å². The lowest BCUT2D eigenvalue weighted by Crippen LogP contribution is -2.49. The van der Waals surface area contributed by atoms with E-state index in [1.807, 2.05) is 34.8 Å². The summed E-state index contributed by atoms with van der Waals surface area (Å²) in [6.07, 6.45) is 8.47.